The van der Waals surface area contributed by atoms with Crippen LogP contribution in [0.25, 0.3) is 0 Å². The van der Waals surface area contributed by atoms with Crippen molar-refractivity contribution in [3.8, 4) is 6.07 Å². The Kier molecular flexibility index (Phi) is 4.29. The average molecular weight is 304 g/mol. The Morgan fingerprint density at radius 3 is 2.71 bits per heavy atom. The lowest BCUT2D eigenvalue weighted by atomic mass is 10.1. The Morgan fingerprint density at radius 2 is 2.10 bits per heavy atom. The minimum atomic E-state index is -3.62. The summed E-state index contributed by atoms with van der Waals surface area (Å²) >= 11 is 0. The summed E-state index contributed by atoms with van der Waals surface area (Å²) < 4.78 is 26.7. The van der Waals surface area contributed by atoms with E-state index < -0.39 is 10.0 Å². The molecule has 0 bridgehead atoms. The normalized spacial score (nSPS) is 11.3. The van der Waals surface area contributed by atoms with Crippen LogP contribution in [0.15, 0.2) is 30.3 Å². The molecule has 2 rings (SSSR count). The predicted octanol–water partition coefficient (Wildman–Crippen LogP) is 2.35. The van der Waals surface area contributed by atoms with Crippen molar-refractivity contribution in [3.05, 3.63) is 47.2 Å². The van der Waals surface area contributed by atoms with Crippen LogP contribution in [-0.2, 0) is 15.8 Å². The van der Waals surface area contributed by atoms with Crippen LogP contribution in [0.1, 0.15) is 36.6 Å². The van der Waals surface area contributed by atoms with Crippen molar-refractivity contribution in [2.75, 3.05) is 4.72 Å². The standard InChI is InChI=1S/C14H16N4O2S/c1-10(2)13-7-14(17-16-13)18-21(19,20)9-12-6-4-3-5-11(12)8-15/h3-7,10H,9H2,1-2H3,(H2,16,17,18). The largest absolute Gasteiger partial charge is 0.280 e. The Labute approximate surface area is 123 Å². The molecule has 21 heavy (non-hydrogen) atoms. The molecule has 0 unspecified atom stereocenters. The molecule has 0 radical (unpaired) electrons. The molecule has 0 aliphatic heterocycles. The molecule has 0 aliphatic carbocycles. The van der Waals surface area contributed by atoms with E-state index in [0.717, 1.165) is 5.69 Å². The van der Waals surface area contributed by atoms with Crippen molar-refractivity contribution in [1.82, 2.24) is 10.2 Å². The van der Waals surface area contributed by atoms with E-state index in [2.05, 4.69) is 14.9 Å². The molecule has 7 heteroatoms. The number of hydrogen-bond donors (Lipinski definition) is 2. The lowest BCUT2D eigenvalue weighted by Crippen LogP contribution is -2.16. The van der Waals surface area contributed by atoms with Crippen LogP contribution in [0.5, 0.6) is 0 Å². The van der Waals surface area contributed by atoms with E-state index in [-0.39, 0.29) is 17.5 Å². The van der Waals surface area contributed by atoms with Crippen molar-refractivity contribution in [2.45, 2.75) is 25.5 Å². The highest BCUT2D eigenvalue weighted by Crippen LogP contribution is 2.17. The van der Waals surface area contributed by atoms with Gasteiger partial charge in [0.2, 0.25) is 10.0 Å². The second-order valence-corrected chi connectivity index (χ2v) is 6.72. The van der Waals surface area contributed by atoms with E-state index >= 15 is 0 Å². The number of H-pyrrole nitrogens is 1. The molecule has 1 heterocycles. The molecule has 0 saturated heterocycles. The molecule has 0 atom stereocenters. The number of nitrogens with one attached hydrogen (secondary N) is 2. The molecular weight excluding hydrogens is 288 g/mol. The summed E-state index contributed by atoms with van der Waals surface area (Å²) in [7, 11) is -3.62. The summed E-state index contributed by atoms with van der Waals surface area (Å²) in [5.41, 5.74) is 1.67. The number of rotatable bonds is 5. The van der Waals surface area contributed by atoms with Crippen molar-refractivity contribution < 1.29 is 8.42 Å². The van der Waals surface area contributed by atoms with Gasteiger partial charge < -0.3 is 0 Å². The molecule has 0 amide bonds. The van der Waals surface area contributed by atoms with E-state index in [9.17, 15) is 8.42 Å². The fourth-order valence-corrected chi connectivity index (χ4v) is 3.00. The van der Waals surface area contributed by atoms with Gasteiger partial charge in [-0.05, 0) is 17.5 Å². The summed E-state index contributed by atoms with van der Waals surface area (Å²) in [5.74, 6) is 0.226. The third kappa shape index (κ3) is 3.83. The smallest absolute Gasteiger partial charge is 0.238 e. The van der Waals surface area contributed by atoms with Gasteiger partial charge in [-0.15, -0.1) is 0 Å². The summed E-state index contributed by atoms with van der Waals surface area (Å²) in [4.78, 5) is 0. The molecule has 2 N–H and O–H groups in total. The van der Waals surface area contributed by atoms with Gasteiger partial charge in [-0.1, -0.05) is 32.0 Å². The molecule has 0 saturated carbocycles. The molecule has 110 valence electrons. The first-order valence-electron chi connectivity index (χ1n) is 6.45. The van der Waals surface area contributed by atoms with Gasteiger partial charge in [0.1, 0.15) is 0 Å². The van der Waals surface area contributed by atoms with Crippen LogP contribution in [-0.4, -0.2) is 18.6 Å². The summed E-state index contributed by atoms with van der Waals surface area (Å²) in [6.45, 7) is 3.96. The maximum atomic E-state index is 12.1. The number of benzene rings is 1. The quantitative estimate of drug-likeness (QED) is 0.885. The third-order valence-electron chi connectivity index (χ3n) is 2.96. The fraction of sp³-hybridized carbons (Fsp3) is 0.286. The number of nitriles is 1. The Hall–Kier alpha value is -2.33. The van der Waals surface area contributed by atoms with Crippen LogP contribution in [0.4, 0.5) is 5.82 Å². The van der Waals surface area contributed by atoms with E-state index in [1.54, 1.807) is 30.3 Å². The maximum absolute atomic E-state index is 12.1. The molecule has 0 aliphatic rings. The van der Waals surface area contributed by atoms with Gasteiger partial charge in [-0.2, -0.15) is 10.4 Å². The highest BCUT2D eigenvalue weighted by molar-refractivity contribution is 7.91. The minimum Gasteiger partial charge on any atom is -0.280 e. The number of anilines is 1. The Morgan fingerprint density at radius 1 is 1.38 bits per heavy atom. The first-order chi connectivity index (χ1) is 9.91. The fourth-order valence-electron chi connectivity index (χ4n) is 1.84. The van der Waals surface area contributed by atoms with Crippen LogP contribution >= 0.6 is 0 Å². The second kappa shape index (κ2) is 5.97. The number of aromatic nitrogens is 2. The first-order valence-corrected chi connectivity index (χ1v) is 8.10. The molecule has 1 aromatic heterocycles. The maximum Gasteiger partial charge on any atom is 0.238 e. The van der Waals surface area contributed by atoms with E-state index in [1.807, 2.05) is 19.9 Å². The van der Waals surface area contributed by atoms with Gasteiger partial charge >= 0.3 is 0 Å². The van der Waals surface area contributed by atoms with Gasteiger partial charge in [0.15, 0.2) is 5.82 Å². The van der Waals surface area contributed by atoms with Crippen molar-refractivity contribution in [3.63, 3.8) is 0 Å². The molecule has 2 aromatic rings. The molecular formula is C14H16N4O2S. The van der Waals surface area contributed by atoms with Crippen molar-refractivity contribution >= 4 is 15.8 Å². The van der Waals surface area contributed by atoms with E-state index in [0.29, 0.717) is 11.1 Å². The Bertz CT molecular complexity index is 772. The Balaban J connectivity index is 2.17. The van der Waals surface area contributed by atoms with Crippen LogP contribution < -0.4 is 4.72 Å². The van der Waals surface area contributed by atoms with E-state index in [4.69, 9.17) is 5.26 Å². The van der Waals surface area contributed by atoms with Gasteiger partial charge in [-0.25, -0.2) is 8.42 Å². The van der Waals surface area contributed by atoms with Gasteiger partial charge in [0.25, 0.3) is 0 Å². The molecule has 1 aromatic carbocycles. The lowest BCUT2D eigenvalue weighted by molar-refractivity contribution is 0.600. The van der Waals surface area contributed by atoms with Gasteiger partial charge in [0, 0.05) is 11.8 Å². The topological polar surface area (TPSA) is 98.6 Å². The highest BCUT2D eigenvalue weighted by Gasteiger charge is 2.16. The SMILES string of the molecule is CC(C)c1cc(NS(=O)(=O)Cc2ccccc2C#N)n[nH]1. The lowest BCUT2D eigenvalue weighted by Gasteiger charge is -2.06. The number of aromatic amines is 1. The second-order valence-electron chi connectivity index (χ2n) is 4.99. The zero-order valence-corrected chi connectivity index (χ0v) is 12.6. The number of nitrogens with zero attached hydrogens (tertiary/aromatic N) is 2. The highest BCUT2D eigenvalue weighted by atomic mass is 32.2. The molecule has 0 spiro atoms. The summed E-state index contributed by atoms with van der Waals surface area (Å²) in [6.07, 6.45) is 0. The first kappa shape index (κ1) is 15.1. The van der Waals surface area contributed by atoms with Crippen LogP contribution in [0.3, 0.4) is 0 Å². The van der Waals surface area contributed by atoms with E-state index in [1.165, 1.54) is 0 Å². The number of sulfonamides is 1. The third-order valence-corrected chi connectivity index (χ3v) is 4.17. The van der Waals surface area contributed by atoms with Gasteiger partial charge in [0.05, 0.1) is 17.4 Å². The predicted molar refractivity (Wildman–Crippen MR) is 80.1 cm³/mol. The van der Waals surface area contributed by atoms with Gasteiger partial charge in [-0.3, -0.25) is 9.82 Å². The average Bonchev–Trinajstić information content (AvgIpc) is 2.86. The molecule has 6 nitrogen and oxygen atoms in total. The zero-order chi connectivity index (χ0) is 15.5. The van der Waals surface area contributed by atoms with Crippen LogP contribution in [0.2, 0.25) is 0 Å². The van der Waals surface area contributed by atoms with Crippen LogP contribution in [0, 0.1) is 11.3 Å². The van der Waals surface area contributed by atoms with Crippen molar-refractivity contribution in [2.24, 2.45) is 0 Å². The van der Waals surface area contributed by atoms with Crippen molar-refractivity contribution in [1.29, 1.82) is 5.26 Å². The number of hydrogen-bond acceptors (Lipinski definition) is 4. The zero-order valence-electron chi connectivity index (χ0n) is 11.8. The summed E-state index contributed by atoms with van der Waals surface area (Å²) in [6, 6.07) is 10.3. The monoisotopic (exact) mass is 304 g/mol. The summed E-state index contributed by atoms with van der Waals surface area (Å²) in [5, 5.41) is 15.7. The minimum absolute atomic E-state index is 0.232. The molecule has 0 fully saturated rings.